The largest absolute Gasteiger partial charge is 0.396 e. The van der Waals surface area contributed by atoms with E-state index in [1.807, 2.05) is 0 Å². The molecule has 0 fully saturated rings. The van der Waals surface area contributed by atoms with Gasteiger partial charge in [0.2, 0.25) is 5.91 Å². The number of likely N-dealkylation sites (N-methyl/N-ethyl adjacent to an activating group) is 1. The molecule has 0 saturated carbocycles. The molecule has 0 aromatic carbocycles. The van der Waals surface area contributed by atoms with Crippen LogP contribution in [0.4, 0.5) is 0 Å². The van der Waals surface area contributed by atoms with Crippen molar-refractivity contribution in [1.29, 1.82) is 0 Å². The normalized spacial score (nSPS) is 10.4. The quantitative estimate of drug-likeness (QED) is 0.659. The van der Waals surface area contributed by atoms with Crippen LogP contribution in [0.15, 0.2) is 12.4 Å². The number of carbonyl (C=O) groups excluding carboxylic acids is 1. The van der Waals surface area contributed by atoms with Crippen molar-refractivity contribution in [2.24, 2.45) is 0 Å². The van der Waals surface area contributed by atoms with Crippen LogP contribution in [0.25, 0.3) is 0 Å². The summed E-state index contributed by atoms with van der Waals surface area (Å²) in [6.45, 7) is 1.17. The Morgan fingerprint density at radius 3 is 2.88 bits per heavy atom. The van der Waals surface area contributed by atoms with Crippen LogP contribution in [0.1, 0.15) is 19.3 Å². The van der Waals surface area contributed by atoms with E-state index in [4.69, 9.17) is 5.11 Å². The second kappa shape index (κ2) is 6.95. The molecular formula is C10H18N4O2. The Balaban J connectivity index is 2.20. The van der Waals surface area contributed by atoms with Gasteiger partial charge in [0.25, 0.3) is 0 Å². The van der Waals surface area contributed by atoms with Crippen LogP contribution in [0.2, 0.25) is 0 Å². The number of nitrogens with zero attached hydrogens (tertiary/aromatic N) is 4. The number of hydrogen-bond donors (Lipinski definition) is 1. The van der Waals surface area contributed by atoms with E-state index in [0.29, 0.717) is 6.54 Å². The predicted octanol–water partition coefficient (Wildman–Crippen LogP) is -0.101. The number of aliphatic hydroxyl groups excluding tert-OH is 1. The number of unbranched alkanes of at least 4 members (excludes halogenated alkanes) is 2. The second-order valence-electron chi connectivity index (χ2n) is 3.70. The fraction of sp³-hybridized carbons (Fsp3) is 0.700. The molecule has 1 amide bonds. The minimum absolute atomic E-state index is 0.0227. The van der Waals surface area contributed by atoms with Crippen LogP contribution in [0.3, 0.4) is 0 Å². The zero-order chi connectivity index (χ0) is 11.8. The van der Waals surface area contributed by atoms with Crippen molar-refractivity contribution in [2.75, 3.05) is 20.2 Å². The monoisotopic (exact) mass is 226 g/mol. The fourth-order valence-corrected chi connectivity index (χ4v) is 1.34. The summed E-state index contributed by atoms with van der Waals surface area (Å²) in [5.41, 5.74) is 0. The summed E-state index contributed by atoms with van der Waals surface area (Å²) >= 11 is 0. The van der Waals surface area contributed by atoms with E-state index in [1.165, 1.54) is 4.68 Å². The Hall–Kier alpha value is -1.43. The van der Waals surface area contributed by atoms with Crippen molar-refractivity contribution in [3.05, 3.63) is 12.4 Å². The van der Waals surface area contributed by atoms with Crippen molar-refractivity contribution in [1.82, 2.24) is 19.9 Å². The Morgan fingerprint density at radius 2 is 2.25 bits per heavy atom. The van der Waals surface area contributed by atoms with E-state index in [2.05, 4.69) is 10.3 Å². The lowest BCUT2D eigenvalue weighted by Gasteiger charge is -2.16. The summed E-state index contributed by atoms with van der Waals surface area (Å²) in [5.74, 6) is 0.0227. The van der Waals surface area contributed by atoms with Crippen molar-refractivity contribution >= 4 is 5.91 Å². The molecule has 6 nitrogen and oxygen atoms in total. The van der Waals surface area contributed by atoms with Gasteiger partial charge < -0.3 is 10.0 Å². The molecule has 0 aliphatic carbocycles. The maximum Gasteiger partial charge on any atom is 0.244 e. The van der Waals surface area contributed by atoms with Gasteiger partial charge in [0.1, 0.15) is 6.54 Å². The number of aromatic nitrogens is 3. The molecular weight excluding hydrogens is 208 g/mol. The maximum absolute atomic E-state index is 11.7. The third kappa shape index (κ3) is 4.39. The SMILES string of the molecule is CN(CCCCCO)C(=O)Cn1ccnn1. The van der Waals surface area contributed by atoms with E-state index in [-0.39, 0.29) is 19.1 Å². The molecule has 0 aliphatic heterocycles. The van der Waals surface area contributed by atoms with Gasteiger partial charge in [0, 0.05) is 26.4 Å². The highest BCUT2D eigenvalue weighted by Crippen LogP contribution is 1.98. The highest BCUT2D eigenvalue weighted by molar-refractivity contribution is 5.75. The first-order valence-electron chi connectivity index (χ1n) is 5.43. The second-order valence-corrected chi connectivity index (χ2v) is 3.70. The smallest absolute Gasteiger partial charge is 0.244 e. The fourth-order valence-electron chi connectivity index (χ4n) is 1.34. The summed E-state index contributed by atoms with van der Waals surface area (Å²) in [6.07, 6.45) is 5.87. The summed E-state index contributed by atoms with van der Waals surface area (Å²) in [5, 5.41) is 16.0. The molecule has 1 heterocycles. The van der Waals surface area contributed by atoms with Crippen LogP contribution in [-0.2, 0) is 11.3 Å². The Morgan fingerprint density at radius 1 is 1.44 bits per heavy atom. The van der Waals surface area contributed by atoms with Crippen LogP contribution in [0.5, 0.6) is 0 Å². The summed E-state index contributed by atoms with van der Waals surface area (Å²) in [7, 11) is 1.78. The van der Waals surface area contributed by atoms with E-state index in [0.717, 1.165) is 19.3 Å². The van der Waals surface area contributed by atoms with Gasteiger partial charge in [-0.25, -0.2) is 4.68 Å². The molecule has 6 heteroatoms. The summed E-state index contributed by atoms with van der Waals surface area (Å²) in [4.78, 5) is 13.3. The molecule has 90 valence electrons. The maximum atomic E-state index is 11.7. The molecule has 1 aromatic heterocycles. The minimum Gasteiger partial charge on any atom is -0.396 e. The zero-order valence-electron chi connectivity index (χ0n) is 9.54. The molecule has 0 radical (unpaired) electrons. The first kappa shape index (κ1) is 12.6. The molecule has 1 aromatic rings. The van der Waals surface area contributed by atoms with Crippen molar-refractivity contribution < 1.29 is 9.90 Å². The first-order valence-corrected chi connectivity index (χ1v) is 5.43. The van der Waals surface area contributed by atoms with Gasteiger partial charge in [-0.05, 0) is 19.3 Å². The Bertz CT molecular complexity index is 300. The molecule has 0 unspecified atom stereocenters. The van der Waals surface area contributed by atoms with Gasteiger partial charge in [-0.1, -0.05) is 5.21 Å². The van der Waals surface area contributed by atoms with Gasteiger partial charge in [-0.3, -0.25) is 4.79 Å². The van der Waals surface area contributed by atoms with Crippen molar-refractivity contribution in [2.45, 2.75) is 25.8 Å². The number of hydrogen-bond acceptors (Lipinski definition) is 4. The van der Waals surface area contributed by atoms with Gasteiger partial charge in [0.05, 0.1) is 6.20 Å². The lowest BCUT2D eigenvalue weighted by Crippen LogP contribution is -2.31. The molecule has 16 heavy (non-hydrogen) atoms. The molecule has 1 rings (SSSR count). The van der Waals surface area contributed by atoms with Gasteiger partial charge >= 0.3 is 0 Å². The Kier molecular flexibility index (Phi) is 5.49. The van der Waals surface area contributed by atoms with E-state index < -0.39 is 0 Å². The third-order valence-corrected chi connectivity index (χ3v) is 2.35. The number of amides is 1. The van der Waals surface area contributed by atoms with Crippen molar-refractivity contribution in [3.8, 4) is 0 Å². The number of rotatable bonds is 7. The molecule has 0 bridgehead atoms. The highest BCUT2D eigenvalue weighted by Gasteiger charge is 2.08. The lowest BCUT2D eigenvalue weighted by molar-refractivity contribution is -0.130. The lowest BCUT2D eigenvalue weighted by atomic mass is 10.2. The predicted molar refractivity (Wildman–Crippen MR) is 58.6 cm³/mol. The Labute approximate surface area is 94.9 Å². The van der Waals surface area contributed by atoms with E-state index in [1.54, 1.807) is 24.3 Å². The van der Waals surface area contributed by atoms with E-state index >= 15 is 0 Å². The first-order chi connectivity index (χ1) is 7.74. The minimum atomic E-state index is 0.0227. The van der Waals surface area contributed by atoms with E-state index in [9.17, 15) is 4.79 Å². The van der Waals surface area contributed by atoms with Gasteiger partial charge in [-0.15, -0.1) is 5.10 Å². The number of aliphatic hydroxyl groups is 1. The van der Waals surface area contributed by atoms with Crippen LogP contribution < -0.4 is 0 Å². The molecule has 0 saturated heterocycles. The average molecular weight is 226 g/mol. The van der Waals surface area contributed by atoms with Gasteiger partial charge in [0.15, 0.2) is 0 Å². The molecule has 0 aliphatic rings. The van der Waals surface area contributed by atoms with Crippen LogP contribution >= 0.6 is 0 Å². The third-order valence-electron chi connectivity index (χ3n) is 2.35. The molecule has 1 N–H and O–H groups in total. The van der Waals surface area contributed by atoms with Crippen LogP contribution in [0, 0.1) is 0 Å². The van der Waals surface area contributed by atoms with Crippen molar-refractivity contribution in [3.63, 3.8) is 0 Å². The van der Waals surface area contributed by atoms with Crippen LogP contribution in [-0.4, -0.2) is 51.1 Å². The standard InChI is InChI=1S/C10H18N4O2/c1-13(6-3-2-4-8-15)10(16)9-14-7-5-11-12-14/h5,7,15H,2-4,6,8-9H2,1H3. The molecule has 0 atom stereocenters. The summed E-state index contributed by atoms with van der Waals surface area (Å²) in [6, 6.07) is 0. The van der Waals surface area contributed by atoms with Gasteiger partial charge in [-0.2, -0.15) is 0 Å². The average Bonchev–Trinajstić information content (AvgIpc) is 2.76. The summed E-state index contributed by atoms with van der Waals surface area (Å²) < 4.78 is 1.51. The zero-order valence-corrected chi connectivity index (χ0v) is 9.54. The molecule has 0 spiro atoms. The highest BCUT2D eigenvalue weighted by atomic mass is 16.2. The topological polar surface area (TPSA) is 71.2 Å². The number of carbonyl (C=O) groups is 1.